The van der Waals surface area contributed by atoms with Gasteiger partial charge in [0.1, 0.15) is 11.5 Å². The second kappa shape index (κ2) is 4.11. The fourth-order valence-corrected chi connectivity index (χ4v) is 3.78. The molecule has 0 heterocycles. The molecule has 116 valence electrons. The molecule has 5 aromatic rings. The molecule has 0 saturated heterocycles. The maximum atomic E-state index is 10.7. The molecule has 0 aliphatic rings. The lowest BCUT2D eigenvalue weighted by molar-refractivity contribution is 0.407. The summed E-state index contributed by atoms with van der Waals surface area (Å²) >= 11 is 0. The largest absolute Gasteiger partial charge is 0.507 e. The first-order chi connectivity index (χ1) is 11.6. The molecule has 0 amide bonds. The first-order valence-electron chi connectivity index (χ1n) is 7.54. The summed E-state index contributed by atoms with van der Waals surface area (Å²) in [5, 5.41) is 46.6. The van der Waals surface area contributed by atoms with Crippen molar-refractivity contribution in [1.29, 1.82) is 0 Å². The molecule has 0 aliphatic carbocycles. The van der Waals surface area contributed by atoms with Gasteiger partial charge in [0, 0.05) is 16.2 Å². The minimum Gasteiger partial charge on any atom is -0.507 e. The first kappa shape index (κ1) is 13.1. The van der Waals surface area contributed by atoms with Crippen molar-refractivity contribution in [3.63, 3.8) is 0 Å². The zero-order chi connectivity index (χ0) is 16.6. The summed E-state index contributed by atoms with van der Waals surface area (Å²) in [7, 11) is 0. The molecule has 0 aromatic heterocycles. The van der Waals surface area contributed by atoms with Gasteiger partial charge in [-0.3, -0.25) is 0 Å². The lowest BCUT2D eigenvalue weighted by atomic mass is 9.89. The maximum absolute atomic E-state index is 10.7. The van der Waals surface area contributed by atoms with Crippen LogP contribution in [0.5, 0.6) is 23.0 Å². The van der Waals surface area contributed by atoms with E-state index in [2.05, 4.69) is 0 Å². The van der Waals surface area contributed by atoms with E-state index in [1.807, 2.05) is 30.3 Å². The van der Waals surface area contributed by atoms with Crippen molar-refractivity contribution in [1.82, 2.24) is 0 Å². The molecule has 5 aromatic carbocycles. The summed E-state index contributed by atoms with van der Waals surface area (Å²) in [5.74, 6) is -1.05. The van der Waals surface area contributed by atoms with Crippen LogP contribution in [0.4, 0.5) is 0 Å². The van der Waals surface area contributed by atoms with Gasteiger partial charge in [-0.1, -0.05) is 42.5 Å². The average molecular weight is 316 g/mol. The van der Waals surface area contributed by atoms with Gasteiger partial charge in [0.05, 0.1) is 10.8 Å². The number of rotatable bonds is 0. The van der Waals surface area contributed by atoms with Crippen LogP contribution in [0.2, 0.25) is 0 Å². The van der Waals surface area contributed by atoms with Crippen molar-refractivity contribution in [3.05, 3.63) is 48.5 Å². The van der Waals surface area contributed by atoms with Crippen LogP contribution in [-0.2, 0) is 0 Å². The summed E-state index contributed by atoms with van der Waals surface area (Å²) in [6.45, 7) is 0. The quantitative estimate of drug-likeness (QED) is 0.192. The van der Waals surface area contributed by atoms with E-state index < -0.39 is 11.5 Å². The third kappa shape index (κ3) is 1.34. The summed E-state index contributed by atoms with van der Waals surface area (Å²) in [4.78, 5) is 0. The highest BCUT2D eigenvalue weighted by atomic mass is 16.3. The number of fused-ring (bicyclic) bond motifs is 2. The van der Waals surface area contributed by atoms with Crippen LogP contribution >= 0.6 is 0 Å². The van der Waals surface area contributed by atoms with Gasteiger partial charge in [0.15, 0.2) is 11.5 Å². The SMILES string of the molecule is Oc1ccc2ccc3c4ccccc4c(O)c4c(O)c(O)c1c2c43. The Kier molecular flexibility index (Phi) is 2.24. The molecule has 4 heteroatoms. The lowest BCUT2D eigenvalue weighted by Crippen LogP contribution is -1.89. The number of hydrogen-bond acceptors (Lipinski definition) is 4. The molecule has 0 saturated carbocycles. The Morgan fingerprint density at radius 1 is 0.458 bits per heavy atom. The molecule has 0 radical (unpaired) electrons. The Hall–Kier alpha value is -3.40. The predicted molar refractivity (Wildman–Crippen MR) is 94.3 cm³/mol. The molecule has 0 atom stereocenters. The van der Waals surface area contributed by atoms with Gasteiger partial charge < -0.3 is 20.4 Å². The Morgan fingerprint density at radius 2 is 1.12 bits per heavy atom. The average Bonchev–Trinajstić information content (AvgIpc) is 2.60. The predicted octanol–water partition coefficient (Wildman–Crippen LogP) is 4.56. The number of aromatic hydroxyl groups is 4. The summed E-state index contributed by atoms with van der Waals surface area (Å²) in [6, 6.07) is 14.4. The smallest absolute Gasteiger partial charge is 0.170 e. The monoisotopic (exact) mass is 316 g/mol. The van der Waals surface area contributed by atoms with Crippen LogP contribution in [-0.4, -0.2) is 20.4 Å². The topological polar surface area (TPSA) is 80.9 Å². The minimum atomic E-state index is -0.427. The standard InChI is InChI=1S/C20H12O4/c21-13-8-6-9-5-7-11-10-3-1-2-4-12(10)18(22)17-15(11)14(9)16(13)19(23)20(17)24/h1-8,21-24H. The van der Waals surface area contributed by atoms with E-state index in [0.29, 0.717) is 16.2 Å². The van der Waals surface area contributed by atoms with Crippen LogP contribution < -0.4 is 0 Å². The van der Waals surface area contributed by atoms with Crippen molar-refractivity contribution in [3.8, 4) is 23.0 Å². The fourth-order valence-electron chi connectivity index (χ4n) is 3.78. The van der Waals surface area contributed by atoms with E-state index >= 15 is 0 Å². The van der Waals surface area contributed by atoms with Gasteiger partial charge >= 0.3 is 0 Å². The van der Waals surface area contributed by atoms with E-state index in [-0.39, 0.29) is 22.3 Å². The van der Waals surface area contributed by atoms with Gasteiger partial charge in [-0.15, -0.1) is 0 Å². The molecule has 5 rings (SSSR count). The second-order valence-electron chi connectivity index (χ2n) is 6.01. The van der Waals surface area contributed by atoms with E-state index in [9.17, 15) is 20.4 Å². The number of benzene rings is 5. The van der Waals surface area contributed by atoms with Crippen LogP contribution in [0.25, 0.3) is 43.1 Å². The van der Waals surface area contributed by atoms with Crippen molar-refractivity contribution in [2.45, 2.75) is 0 Å². The third-order valence-corrected chi connectivity index (χ3v) is 4.82. The van der Waals surface area contributed by atoms with E-state index in [4.69, 9.17) is 0 Å². The van der Waals surface area contributed by atoms with Gasteiger partial charge in [-0.25, -0.2) is 0 Å². The van der Waals surface area contributed by atoms with Crippen LogP contribution in [0.3, 0.4) is 0 Å². The first-order valence-corrected chi connectivity index (χ1v) is 7.54. The molecular weight excluding hydrogens is 304 g/mol. The van der Waals surface area contributed by atoms with Crippen LogP contribution in [0.1, 0.15) is 0 Å². The number of phenolic OH excluding ortho intramolecular Hbond substituents is 4. The number of hydrogen-bond donors (Lipinski definition) is 4. The molecule has 0 spiro atoms. The minimum absolute atomic E-state index is 0.0800. The zero-order valence-electron chi connectivity index (χ0n) is 12.4. The summed E-state index contributed by atoms with van der Waals surface area (Å²) < 4.78 is 0. The Bertz CT molecular complexity index is 1290. The highest BCUT2D eigenvalue weighted by Crippen LogP contribution is 2.53. The van der Waals surface area contributed by atoms with E-state index in [0.717, 1.165) is 16.2 Å². The zero-order valence-corrected chi connectivity index (χ0v) is 12.4. The molecule has 0 unspecified atom stereocenters. The maximum Gasteiger partial charge on any atom is 0.170 e. The van der Waals surface area contributed by atoms with Gasteiger partial charge in [0.2, 0.25) is 0 Å². The normalized spacial score (nSPS) is 12.0. The van der Waals surface area contributed by atoms with Crippen molar-refractivity contribution >= 4 is 43.1 Å². The van der Waals surface area contributed by atoms with Crippen molar-refractivity contribution in [2.75, 3.05) is 0 Å². The second-order valence-corrected chi connectivity index (χ2v) is 6.01. The Labute approximate surface area is 135 Å². The lowest BCUT2D eigenvalue weighted by Gasteiger charge is -2.17. The molecule has 4 nitrogen and oxygen atoms in total. The molecule has 24 heavy (non-hydrogen) atoms. The summed E-state index contributed by atoms with van der Waals surface area (Å²) in [5.41, 5.74) is 0. The van der Waals surface area contributed by atoms with Crippen LogP contribution in [0, 0.1) is 0 Å². The third-order valence-electron chi connectivity index (χ3n) is 4.82. The van der Waals surface area contributed by atoms with Crippen molar-refractivity contribution < 1.29 is 20.4 Å². The highest BCUT2D eigenvalue weighted by molar-refractivity contribution is 6.34. The molecule has 0 fully saturated rings. The Balaban J connectivity index is 2.30. The van der Waals surface area contributed by atoms with Gasteiger partial charge in [-0.2, -0.15) is 0 Å². The fraction of sp³-hybridized carbons (Fsp3) is 0. The van der Waals surface area contributed by atoms with Crippen molar-refractivity contribution in [2.24, 2.45) is 0 Å². The van der Waals surface area contributed by atoms with Crippen LogP contribution in [0.15, 0.2) is 48.5 Å². The van der Waals surface area contributed by atoms with E-state index in [1.165, 1.54) is 6.07 Å². The van der Waals surface area contributed by atoms with Gasteiger partial charge in [0.25, 0.3) is 0 Å². The molecule has 0 bridgehead atoms. The summed E-state index contributed by atoms with van der Waals surface area (Å²) in [6.07, 6.45) is 0. The molecular formula is C20H12O4. The van der Waals surface area contributed by atoms with E-state index in [1.54, 1.807) is 12.1 Å². The highest BCUT2D eigenvalue weighted by Gasteiger charge is 2.23. The molecule has 0 aliphatic heterocycles. The Morgan fingerprint density at radius 3 is 1.92 bits per heavy atom. The number of phenols is 4. The molecule has 4 N–H and O–H groups in total. The van der Waals surface area contributed by atoms with Gasteiger partial charge in [-0.05, 0) is 22.2 Å².